The minimum absolute atomic E-state index is 0.0197. The number of H-pyrrole nitrogens is 1. The third-order valence-corrected chi connectivity index (χ3v) is 3.20. The molecule has 1 fully saturated rings. The Bertz CT molecular complexity index is 564. The Hall–Kier alpha value is -2.08. The number of hydrogen-bond acceptors (Lipinski definition) is 5. The molecule has 1 aliphatic heterocycles. The highest BCUT2D eigenvalue weighted by Gasteiger charge is 2.22. The van der Waals surface area contributed by atoms with Gasteiger partial charge in [-0.1, -0.05) is 12.1 Å². The monoisotopic (exact) mass is 275 g/mol. The molecule has 0 bridgehead atoms. The number of hydrogen-bond donors (Lipinski definition) is 1. The Morgan fingerprint density at radius 1 is 1.35 bits per heavy atom. The highest BCUT2D eigenvalue weighted by molar-refractivity contribution is 5.39. The Labute approximate surface area is 117 Å². The van der Waals surface area contributed by atoms with Crippen LogP contribution in [0.15, 0.2) is 24.3 Å². The van der Waals surface area contributed by atoms with Crippen LogP contribution in [0.3, 0.4) is 0 Å². The molecule has 1 aliphatic rings. The van der Waals surface area contributed by atoms with E-state index in [1.807, 2.05) is 24.3 Å². The third kappa shape index (κ3) is 2.75. The molecule has 1 aromatic carbocycles. The van der Waals surface area contributed by atoms with Gasteiger partial charge in [0.25, 0.3) is 0 Å². The summed E-state index contributed by atoms with van der Waals surface area (Å²) in [5.74, 6) is 2.78. The first-order valence-corrected chi connectivity index (χ1v) is 6.65. The molecule has 106 valence electrons. The fourth-order valence-electron chi connectivity index (χ4n) is 2.18. The van der Waals surface area contributed by atoms with Crippen LogP contribution in [0, 0.1) is 0 Å². The van der Waals surface area contributed by atoms with Crippen molar-refractivity contribution < 1.29 is 14.2 Å². The lowest BCUT2D eigenvalue weighted by Crippen LogP contribution is -2.01. The van der Waals surface area contributed by atoms with Crippen LogP contribution in [0.4, 0.5) is 0 Å². The minimum atomic E-state index is 0.0197. The van der Waals surface area contributed by atoms with E-state index in [0.717, 1.165) is 19.4 Å². The number of para-hydroxylation sites is 2. The summed E-state index contributed by atoms with van der Waals surface area (Å²) in [4.78, 5) is 4.41. The Kier molecular flexibility index (Phi) is 3.83. The van der Waals surface area contributed by atoms with Crippen molar-refractivity contribution >= 4 is 0 Å². The first kappa shape index (κ1) is 12.9. The van der Waals surface area contributed by atoms with Gasteiger partial charge < -0.3 is 14.2 Å². The van der Waals surface area contributed by atoms with Crippen molar-refractivity contribution in [3.05, 3.63) is 35.9 Å². The van der Waals surface area contributed by atoms with Gasteiger partial charge in [0.2, 0.25) is 0 Å². The van der Waals surface area contributed by atoms with Gasteiger partial charge in [-0.3, -0.25) is 5.10 Å². The zero-order valence-corrected chi connectivity index (χ0v) is 11.3. The summed E-state index contributed by atoms with van der Waals surface area (Å²) in [6.07, 6.45) is 2.06. The van der Waals surface area contributed by atoms with E-state index in [-0.39, 0.29) is 6.10 Å². The van der Waals surface area contributed by atoms with E-state index in [2.05, 4.69) is 15.2 Å². The first-order chi connectivity index (χ1) is 9.86. The molecule has 0 saturated carbocycles. The second kappa shape index (κ2) is 5.92. The maximum atomic E-state index is 5.69. The van der Waals surface area contributed by atoms with E-state index >= 15 is 0 Å². The molecule has 1 aromatic heterocycles. The van der Waals surface area contributed by atoms with Crippen molar-refractivity contribution in [3.8, 4) is 11.5 Å². The normalized spacial score (nSPS) is 18.1. The molecule has 2 aromatic rings. The lowest BCUT2D eigenvalue weighted by Gasteiger charge is -2.08. The van der Waals surface area contributed by atoms with Gasteiger partial charge >= 0.3 is 0 Å². The molecule has 0 spiro atoms. The number of benzene rings is 1. The number of aromatic amines is 1. The summed E-state index contributed by atoms with van der Waals surface area (Å²) < 4.78 is 16.5. The number of rotatable bonds is 5. The lowest BCUT2D eigenvalue weighted by atomic mass is 10.2. The summed E-state index contributed by atoms with van der Waals surface area (Å²) in [7, 11) is 1.62. The van der Waals surface area contributed by atoms with Crippen molar-refractivity contribution in [1.29, 1.82) is 0 Å². The predicted octanol–water partition coefficient (Wildman–Crippen LogP) is 2.24. The molecule has 1 unspecified atom stereocenters. The number of nitrogens with zero attached hydrogens (tertiary/aromatic N) is 2. The van der Waals surface area contributed by atoms with Crippen LogP contribution in [0.25, 0.3) is 0 Å². The molecular formula is C14H17N3O3. The number of nitrogens with one attached hydrogen (secondary N) is 1. The van der Waals surface area contributed by atoms with Crippen LogP contribution < -0.4 is 9.47 Å². The van der Waals surface area contributed by atoms with Crippen LogP contribution in [-0.2, 0) is 11.3 Å². The molecule has 20 heavy (non-hydrogen) atoms. The van der Waals surface area contributed by atoms with Crippen LogP contribution in [0.5, 0.6) is 11.5 Å². The number of aromatic nitrogens is 3. The zero-order valence-electron chi connectivity index (χ0n) is 11.3. The van der Waals surface area contributed by atoms with E-state index in [1.165, 1.54) is 0 Å². The molecule has 6 nitrogen and oxygen atoms in total. The third-order valence-electron chi connectivity index (χ3n) is 3.20. The molecule has 1 atom stereocenters. The summed E-state index contributed by atoms with van der Waals surface area (Å²) in [6, 6.07) is 7.51. The summed E-state index contributed by atoms with van der Waals surface area (Å²) >= 11 is 0. The molecule has 3 rings (SSSR count). The Morgan fingerprint density at radius 3 is 2.95 bits per heavy atom. The van der Waals surface area contributed by atoms with Crippen LogP contribution in [0.1, 0.15) is 30.6 Å². The quantitative estimate of drug-likeness (QED) is 0.906. The minimum Gasteiger partial charge on any atom is -0.493 e. The van der Waals surface area contributed by atoms with Gasteiger partial charge in [-0.05, 0) is 25.0 Å². The fourth-order valence-corrected chi connectivity index (χ4v) is 2.18. The second-order valence-electron chi connectivity index (χ2n) is 4.58. The van der Waals surface area contributed by atoms with Gasteiger partial charge in [-0.15, -0.1) is 0 Å². The van der Waals surface area contributed by atoms with Gasteiger partial charge in [-0.25, -0.2) is 4.98 Å². The molecule has 1 N–H and O–H groups in total. The lowest BCUT2D eigenvalue weighted by molar-refractivity contribution is 0.105. The van der Waals surface area contributed by atoms with Crippen molar-refractivity contribution in [3.63, 3.8) is 0 Å². The van der Waals surface area contributed by atoms with E-state index in [1.54, 1.807) is 7.11 Å². The Morgan fingerprint density at radius 2 is 2.20 bits per heavy atom. The van der Waals surface area contributed by atoms with Gasteiger partial charge in [0.15, 0.2) is 23.1 Å². The van der Waals surface area contributed by atoms with Crippen molar-refractivity contribution in [1.82, 2.24) is 15.2 Å². The van der Waals surface area contributed by atoms with Crippen LogP contribution >= 0.6 is 0 Å². The fraction of sp³-hybridized carbons (Fsp3) is 0.429. The topological polar surface area (TPSA) is 69.3 Å². The molecule has 0 amide bonds. The van der Waals surface area contributed by atoms with Crippen molar-refractivity contribution in [2.24, 2.45) is 0 Å². The standard InChI is InChI=1S/C14H17N3O3/c1-18-10-5-2-3-6-11(10)20-9-13-15-14(17-16-13)12-7-4-8-19-12/h2-3,5-6,12H,4,7-9H2,1H3,(H,15,16,17). The molecule has 2 heterocycles. The predicted molar refractivity (Wildman–Crippen MR) is 71.6 cm³/mol. The maximum absolute atomic E-state index is 5.69. The van der Waals surface area contributed by atoms with Crippen LogP contribution in [0.2, 0.25) is 0 Å². The molecule has 0 radical (unpaired) electrons. The van der Waals surface area contributed by atoms with E-state index in [9.17, 15) is 0 Å². The SMILES string of the molecule is COc1ccccc1OCc1nc(C2CCCO2)n[nH]1. The highest BCUT2D eigenvalue weighted by atomic mass is 16.5. The summed E-state index contributed by atoms with van der Waals surface area (Å²) in [6.45, 7) is 1.10. The second-order valence-corrected chi connectivity index (χ2v) is 4.58. The molecule has 0 aliphatic carbocycles. The van der Waals surface area contributed by atoms with E-state index in [4.69, 9.17) is 14.2 Å². The first-order valence-electron chi connectivity index (χ1n) is 6.65. The Balaban J connectivity index is 1.63. The van der Waals surface area contributed by atoms with Gasteiger partial charge in [0, 0.05) is 6.61 Å². The van der Waals surface area contributed by atoms with Gasteiger partial charge in [0.1, 0.15) is 12.7 Å². The van der Waals surface area contributed by atoms with Gasteiger partial charge in [-0.2, -0.15) is 5.10 Å². The maximum Gasteiger partial charge on any atom is 0.179 e. The smallest absolute Gasteiger partial charge is 0.179 e. The highest BCUT2D eigenvalue weighted by Crippen LogP contribution is 2.27. The number of ether oxygens (including phenoxy) is 3. The average Bonchev–Trinajstić information content (AvgIpc) is 3.16. The summed E-state index contributed by atoms with van der Waals surface area (Å²) in [5.41, 5.74) is 0. The largest absolute Gasteiger partial charge is 0.493 e. The number of methoxy groups -OCH3 is 1. The molecule has 6 heteroatoms. The summed E-state index contributed by atoms with van der Waals surface area (Å²) in [5, 5.41) is 7.06. The van der Waals surface area contributed by atoms with Gasteiger partial charge in [0.05, 0.1) is 7.11 Å². The van der Waals surface area contributed by atoms with E-state index in [0.29, 0.717) is 29.8 Å². The van der Waals surface area contributed by atoms with Crippen molar-refractivity contribution in [2.75, 3.05) is 13.7 Å². The van der Waals surface area contributed by atoms with Crippen LogP contribution in [-0.4, -0.2) is 28.9 Å². The molecular weight excluding hydrogens is 258 g/mol. The average molecular weight is 275 g/mol. The molecule has 1 saturated heterocycles. The van der Waals surface area contributed by atoms with Crippen molar-refractivity contribution in [2.45, 2.75) is 25.6 Å². The zero-order chi connectivity index (χ0) is 13.8. The van der Waals surface area contributed by atoms with E-state index < -0.39 is 0 Å².